The lowest BCUT2D eigenvalue weighted by Gasteiger charge is -2.20. The third-order valence-electron chi connectivity index (χ3n) is 1.68. The average molecular weight is 153 g/mol. The van der Waals surface area contributed by atoms with Gasteiger partial charge in [-0.2, -0.15) is 0 Å². The number of ether oxygens (including phenoxy) is 1. The molecular weight excluding hydrogens is 138 g/mol. The first-order valence-corrected chi connectivity index (χ1v) is 4.10. The highest BCUT2D eigenvalue weighted by Crippen LogP contribution is 2.13. The van der Waals surface area contributed by atoms with Crippen molar-refractivity contribution in [3.8, 4) is 0 Å². The van der Waals surface area contributed by atoms with Gasteiger partial charge in [-0.3, -0.25) is 0 Å². The lowest BCUT2D eigenvalue weighted by Crippen LogP contribution is -2.26. The highest BCUT2D eigenvalue weighted by Gasteiger charge is 2.08. The summed E-state index contributed by atoms with van der Waals surface area (Å²) >= 11 is 0. The van der Waals surface area contributed by atoms with Crippen LogP contribution in [0.4, 0.5) is 0 Å². The van der Waals surface area contributed by atoms with Crippen LogP contribution in [0.3, 0.4) is 0 Å². The summed E-state index contributed by atoms with van der Waals surface area (Å²) < 4.78 is 5.39. The van der Waals surface area contributed by atoms with Crippen LogP contribution in [-0.4, -0.2) is 13.2 Å². The maximum absolute atomic E-state index is 5.39. The second-order valence-corrected chi connectivity index (χ2v) is 2.57. The van der Waals surface area contributed by atoms with Crippen molar-refractivity contribution in [1.29, 1.82) is 0 Å². The molecule has 11 heavy (non-hydrogen) atoms. The second-order valence-electron chi connectivity index (χ2n) is 2.57. The number of allylic oxidation sites excluding steroid dienone is 2. The van der Waals surface area contributed by atoms with Crippen LogP contribution in [0.1, 0.15) is 19.8 Å². The topological polar surface area (TPSA) is 21.3 Å². The lowest BCUT2D eigenvalue weighted by atomic mass is 10.2. The third kappa shape index (κ3) is 2.00. The molecule has 0 amide bonds. The van der Waals surface area contributed by atoms with Crippen molar-refractivity contribution in [3.63, 3.8) is 0 Å². The van der Waals surface area contributed by atoms with Crippen molar-refractivity contribution < 1.29 is 4.74 Å². The van der Waals surface area contributed by atoms with E-state index in [4.69, 9.17) is 4.74 Å². The normalized spacial score (nSPS) is 17.2. The minimum atomic E-state index is 0.758. The number of hydrogen-bond acceptors (Lipinski definition) is 2. The predicted octanol–water partition coefficient (Wildman–Crippen LogP) is 1.80. The highest BCUT2D eigenvalue weighted by atomic mass is 16.5. The van der Waals surface area contributed by atoms with Crippen LogP contribution in [0.25, 0.3) is 0 Å². The standard InChI is InChI=1S/C9H15NO/c1-3-5-8-9(4-2)11-7-6-10-8/h4,10H,2-3,5-7H2,1H3. The third-order valence-corrected chi connectivity index (χ3v) is 1.68. The summed E-state index contributed by atoms with van der Waals surface area (Å²) in [7, 11) is 0. The molecule has 0 aromatic heterocycles. The zero-order valence-corrected chi connectivity index (χ0v) is 7.02. The van der Waals surface area contributed by atoms with E-state index in [0.29, 0.717) is 0 Å². The van der Waals surface area contributed by atoms with Gasteiger partial charge in [-0.1, -0.05) is 19.9 Å². The molecule has 2 heteroatoms. The first-order valence-electron chi connectivity index (χ1n) is 4.10. The van der Waals surface area contributed by atoms with Crippen LogP contribution in [0, 0.1) is 0 Å². The van der Waals surface area contributed by atoms with Gasteiger partial charge >= 0.3 is 0 Å². The van der Waals surface area contributed by atoms with Gasteiger partial charge in [0.25, 0.3) is 0 Å². The molecule has 0 aromatic carbocycles. The van der Waals surface area contributed by atoms with E-state index < -0.39 is 0 Å². The molecule has 1 rings (SSSR count). The minimum absolute atomic E-state index is 0.758. The van der Waals surface area contributed by atoms with Crippen molar-refractivity contribution in [2.24, 2.45) is 0 Å². The molecule has 1 heterocycles. The quantitative estimate of drug-likeness (QED) is 0.667. The van der Waals surface area contributed by atoms with Crippen LogP contribution in [0.5, 0.6) is 0 Å². The van der Waals surface area contributed by atoms with Crippen LogP contribution in [-0.2, 0) is 4.74 Å². The predicted molar refractivity (Wildman–Crippen MR) is 46.1 cm³/mol. The van der Waals surface area contributed by atoms with E-state index in [1.807, 2.05) is 0 Å². The summed E-state index contributed by atoms with van der Waals surface area (Å²) in [4.78, 5) is 0. The fourth-order valence-electron chi connectivity index (χ4n) is 1.18. The van der Waals surface area contributed by atoms with E-state index in [9.17, 15) is 0 Å². The monoisotopic (exact) mass is 153 g/mol. The Hall–Kier alpha value is -0.920. The summed E-state index contributed by atoms with van der Waals surface area (Å²) in [5.41, 5.74) is 1.20. The average Bonchev–Trinajstić information content (AvgIpc) is 2.06. The Bertz CT molecular complexity index is 172. The smallest absolute Gasteiger partial charge is 0.137 e. The molecule has 0 aromatic rings. The van der Waals surface area contributed by atoms with Gasteiger partial charge in [-0.15, -0.1) is 0 Å². The Morgan fingerprint density at radius 3 is 3.18 bits per heavy atom. The van der Waals surface area contributed by atoms with Gasteiger partial charge in [0.1, 0.15) is 12.4 Å². The number of hydrogen-bond donors (Lipinski definition) is 1. The zero-order chi connectivity index (χ0) is 8.10. The molecule has 0 saturated heterocycles. The Morgan fingerprint density at radius 1 is 1.73 bits per heavy atom. The number of rotatable bonds is 3. The van der Waals surface area contributed by atoms with Crippen molar-refractivity contribution in [3.05, 3.63) is 24.1 Å². The molecule has 1 N–H and O–H groups in total. The minimum Gasteiger partial charge on any atom is -0.490 e. The molecule has 0 saturated carbocycles. The van der Waals surface area contributed by atoms with Crippen LogP contribution < -0.4 is 5.32 Å². The first kappa shape index (κ1) is 8.18. The van der Waals surface area contributed by atoms with Crippen molar-refractivity contribution in [2.45, 2.75) is 19.8 Å². The molecule has 0 atom stereocenters. The van der Waals surface area contributed by atoms with Gasteiger partial charge < -0.3 is 10.1 Å². The van der Waals surface area contributed by atoms with Crippen LogP contribution >= 0.6 is 0 Å². The summed E-state index contributed by atoms with van der Waals surface area (Å²) in [6.45, 7) is 7.53. The van der Waals surface area contributed by atoms with Gasteiger partial charge in [-0.25, -0.2) is 0 Å². The van der Waals surface area contributed by atoms with Gasteiger partial charge in [0.2, 0.25) is 0 Å². The molecule has 1 aliphatic rings. The lowest BCUT2D eigenvalue weighted by molar-refractivity contribution is 0.201. The van der Waals surface area contributed by atoms with Crippen molar-refractivity contribution in [1.82, 2.24) is 5.32 Å². The SMILES string of the molecule is C=CC1=C(CCC)NCCO1. The molecule has 0 spiro atoms. The fourth-order valence-corrected chi connectivity index (χ4v) is 1.18. The second kappa shape index (κ2) is 4.06. The Balaban J connectivity index is 2.64. The van der Waals surface area contributed by atoms with Gasteiger partial charge in [0.05, 0.1) is 5.70 Å². The van der Waals surface area contributed by atoms with Crippen molar-refractivity contribution in [2.75, 3.05) is 13.2 Å². The largest absolute Gasteiger partial charge is 0.490 e. The molecule has 0 radical (unpaired) electrons. The molecule has 0 unspecified atom stereocenters. The van der Waals surface area contributed by atoms with Gasteiger partial charge in [-0.05, 0) is 12.5 Å². The van der Waals surface area contributed by atoms with Gasteiger partial charge in [0.15, 0.2) is 0 Å². The van der Waals surface area contributed by atoms with E-state index in [-0.39, 0.29) is 0 Å². The van der Waals surface area contributed by atoms with E-state index in [2.05, 4.69) is 18.8 Å². The number of nitrogens with one attached hydrogen (secondary N) is 1. The molecule has 62 valence electrons. The fraction of sp³-hybridized carbons (Fsp3) is 0.556. The zero-order valence-electron chi connectivity index (χ0n) is 7.02. The van der Waals surface area contributed by atoms with E-state index in [0.717, 1.165) is 31.8 Å². The summed E-state index contributed by atoms with van der Waals surface area (Å²) in [6.07, 6.45) is 3.97. The van der Waals surface area contributed by atoms with Crippen molar-refractivity contribution >= 4 is 0 Å². The molecule has 2 nitrogen and oxygen atoms in total. The summed E-state index contributed by atoms with van der Waals surface area (Å²) in [5.74, 6) is 0.929. The first-order chi connectivity index (χ1) is 5.38. The van der Waals surface area contributed by atoms with E-state index in [1.165, 1.54) is 5.70 Å². The molecule has 0 fully saturated rings. The summed E-state index contributed by atoms with van der Waals surface area (Å²) in [5, 5.41) is 3.30. The maximum Gasteiger partial charge on any atom is 0.137 e. The maximum atomic E-state index is 5.39. The Morgan fingerprint density at radius 2 is 2.55 bits per heavy atom. The van der Waals surface area contributed by atoms with Crippen LogP contribution in [0.15, 0.2) is 24.1 Å². The van der Waals surface area contributed by atoms with E-state index in [1.54, 1.807) is 6.08 Å². The van der Waals surface area contributed by atoms with Gasteiger partial charge in [0, 0.05) is 6.54 Å². The summed E-state index contributed by atoms with van der Waals surface area (Å²) in [6, 6.07) is 0. The Kier molecular flexibility index (Phi) is 3.02. The molecule has 0 aliphatic carbocycles. The highest BCUT2D eigenvalue weighted by molar-refractivity contribution is 5.18. The molecule has 0 bridgehead atoms. The van der Waals surface area contributed by atoms with Crippen LogP contribution in [0.2, 0.25) is 0 Å². The van der Waals surface area contributed by atoms with E-state index >= 15 is 0 Å². The Labute approximate surface area is 67.9 Å². The molecule has 1 aliphatic heterocycles. The molecular formula is C9H15NO.